The maximum atomic E-state index is 12.7. The Labute approximate surface area is 177 Å². The van der Waals surface area contributed by atoms with Gasteiger partial charge < -0.3 is 14.7 Å². The molecule has 1 aromatic carbocycles. The number of benzene rings is 1. The van der Waals surface area contributed by atoms with Crippen molar-refractivity contribution in [3.63, 3.8) is 0 Å². The number of ether oxygens (including phenoxy) is 1. The van der Waals surface area contributed by atoms with E-state index in [1.807, 2.05) is 12.1 Å². The predicted octanol–water partition coefficient (Wildman–Crippen LogP) is 2.46. The van der Waals surface area contributed by atoms with Crippen LogP contribution in [0.5, 0.6) is 5.75 Å². The van der Waals surface area contributed by atoms with Gasteiger partial charge in [-0.05, 0) is 18.6 Å². The number of carbonyl (C=O) groups is 1. The largest absolute Gasteiger partial charge is 0.489 e. The molecule has 0 amide bonds. The molecule has 9 nitrogen and oxygen atoms in total. The fourth-order valence-electron chi connectivity index (χ4n) is 3.18. The molecule has 1 unspecified atom stereocenters. The van der Waals surface area contributed by atoms with Gasteiger partial charge >= 0.3 is 5.97 Å². The molecular formula is C20H20ClN5O4. The van der Waals surface area contributed by atoms with Gasteiger partial charge in [-0.1, -0.05) is 29.8 Å². The summed E-state index contributed by atoms with van der Waals surface area (Å²) in [5, 5.41) is 10.0. The molecule has 0 bridgehead atoms. The molecule has 0 aliphatic rings. The Morgan fingerprint density at radius 3 is 2.47 bits per heavy atom. The molecule has 0 aliphatic heterocycles. The third-order valence-corrected chi connectivity index (χ3v) is 5.00. The van der Waals surface area contributed by atoms with Crippen LogP contribution >= 0.6 is 11.6 Å². The lowest BCUT2D eigenvalue weighted by Gasteiger charge is -2.31. The van der Waals surface area contributed by atoms with Crippen LogP contribution in [0.4, 0.5) is 5.95 Å². The van der Waals surface area contributed by atoms with Gasteiger partial charge in [0.1, 0.15) is 5.82 Å². The van der Waals surface area contributed by atoms with E-state index in [0.717, 1.165) is 5.56 Å². The smallest absolute Gasteiger partial charge is 0.358 e. The van der Waals surface area contributed by atoms with Gasteiger partial charge in [-0.25, -0.2) is 19.7 Å². The predicted molar refractivity (Wildman–Crippen MR) is 111 cm³/mol. The first-order valence-corrected chi connectivity index (χ1v) is 9.28. The number of aromatic nitrogens is 4. The molecule has 2 aromatic heterocycles. The van der Waals surface area contributed by atoms with E-state index >= 15 is 0 Å². The summed E-state index contributed by atoms with van der Waals surface area (Å²) >= 11 is 6.46. The number of halogens is 1. The van der Waals surface area contributed by atoms with Gasteiger partial charge in [0.05, 0.1) is 13.2 Å². The number of aryl methyl sites for hydroxylation is 1. The zero-order valence-electron chi connectivity index (χ0n) is 16.8. The minimum Gasteiger partial charge on any atom is -0.489 e. The molecule has 0 fully saturated rings. The fourth-order valence-corrected chi connectivity index (χ4v) is 3.42. The van der Waals surface area contributed by atoms with E-state index in [9.17, 15) is 14.7 Å². The number of hydrogen-bond acceptors (Lipinski definition) is 7. The quantitative estimate of drug-likeness (QED) is 0.636. The van der Waals surface area contributed by atoms with Crippen molar-refractivity contribution in [3.8, 4) is 5.75 Å². The topological polar surface area (TPSA) is 110 Å². The van der Waals surface area contributed by atoms with Crippen molar-refractivity contribution in [2.24, 2.45) is 7.05 Å². The van der Waals surface area contributed by atoms with Crippen LogP contribution < -0.4 is 15.2 Å². The molecule has 0 radical (unpaired) electrons. The molecule has 10 heteroatoms. The van der Waals surface area contributed by atoms with Gasteiger partial charge in [0.2, 0.25) is 11.7 Å². The van der Waals surface area contributed by atoms with Crippen LogP contribution in [0.2, 0.25) is 5.02 Å². The fraction of sp³-hybridized carbons (Fsp3) is 0.250. The van der Waals surface area contributed by atoms with E-state index in [4.69, 9.17) is 16.3 Å². The second kappa shape index (κ2) is 8.50. The summed E-state index contributed by atoms with van der Waals surface area (Å²) in [6.07, 6.45) is 3.32. The average Bonchev–Trinajstić information content (AvgIpc) is 2.72. The minimum absolute atomic E-state index is 0.115. The summed E-state index contributed by atoms with van der Waals surface area (Å²) in [6, 6.07) is 6.69. The number of aromatic carboxylic acids is 1. The van der Waals surface area contributed by atoms with Gasteiger partial charge in [0.15, 0.2) is 5.69 Å². The monoisotopic (exact) mass is 429 g/mol. The van der Waals surface area contributed by atoms with Crippen molar-refractivity contribution in [1.29, 1.82) is 0 Å². The molecule has 0 spiro atoms. The molecule has 3 aromatic rings. The Balaban J connectivity index is 2.25. The zero-order valence-corrected chi connectivity index (χ0v) is 17.6. The van der Waals surface area contributed by atoms with Crippen molar-refractivity contribution in [1.82, 2.24) is 19.5 Å². The summed E-state index contributed by atoms with van der Waals surface area (Å²) < 4.78 is 6.21. The van der Waals surface area contributed by atoms with E-state index in [1.54, 1.807) is 43.4 Å². The van der Waals surface area contributed by atoms with Crippen LogP contribution in [-0.2, 0) is 7.05 Å². The molecule has 30 heavy (non-hydrogen) atoms. The van der Waals surface area contributed by atoms with E-state index in [0.29, 0.717) is 16.4 Å². The highest BCUT2D eigenvalue weighted by molar-refractivity contribution is 6.31. The van der Waals surface area contributed by atoms with Gasteiger partial charge in [-0.2, -0.15) is 0 Å². The number of anilines is 1. The van der Waals surface area contributed by atoms with Crippen LogP contribution in [-0.4, -0.2) is 44.8 Å². The molecule has 0 aliphatic carbocycles. The van der Waals surface area contributed by atoms with E-state index in [-0.39, 0.29) is 11.7 Å². The number of carboxylic acids is 1. The number of nitrogens with zero attached hydrogens (tertiary/aromatic N) is 5. The first-order valence-electron chi connectivity index (χ1n) is 8.90. The minimum atomic E-state index is -1.37. The Morgan fingerprint density at radius 1 is 1.27 bits per heavy atom. The number of hydrogen-bond donors (Lipinski definition) is 1. The molecule has 156 valence electrons. The van der Waals surface area contributed by atoms with E-state index in [1.165, 1.54) is 18.7 Å². The molecule has 0 saturated heterocycles. The van der Waals surface area contributed by atoms with Gasteiger partial charge in [-0.15, -0.1) is 0 Å². The highest BCUT2D eigenvalue weighted by atomic mass is 35.5. The van der Waals surface area contributed by atoms with Crippen molar-refractivity contribution < 1.29 is 14.6 Å². The van der Waals surface area contributed by atoms with Gasteiger partial charge in [-0.3, -0.25) is 9.36 Å². The normalized spacial score (nSPS) is 11.8. The maximum absolute atomic E-state index is 12.7. The Bertz CT molecular complexity index is 1150. The molecule has 1 N–H and O–H groups in total. The average molecular weight is 430 g/mol. The lowest BCUT2D eigenvalue weighted by Crippen LogP contribution is -2.34. The van der Waals surface area contributed by atoms with E-state index < -0.39 is 23.3 Å². The van der Waals surface area contributed by atoms with Crippen LogP contribution in [0.1, 0.15) is 33.5 Å². The van der Waals surface area contributed by atoms with Gasteiger partial charge in [0, 0.05) is 37.1 Å². The summed E-state index contributed by atoms with van der Waals surface area (Å²) in [5.74, 6) is -0.992. The molecule has 2 heterocycles. The Kier molecular flexibility index (Phi) is 6.02. The van der Waals surface area contributed by atoms with Crippen LogP contribution in [0.25, 0.3) is 0 Å². The molecular weight excluding hydrogens is 410 g/mol. The van der Waals surface area contributed by atoms with Crippen molar-refractivity contribution >= 4 is 23.5 Å². The highest BCUT2D eigenvalue weighted by Crippen LogP contribution is 2.34. The first-order chi connectivity index (χ1) is 14.3. The summed E-state index contributed by atoms with van der Waals surface area (Å²) in [5.41, 5.74) is 0.319. The first kappa shape index (κ1) is 21.3. The summed E-state index contributed by atoms with van der Waals surface area (Å²) in [4.78, 5) is 38.8. The zero-order chi connectivity index (χ0) is 22.0. The van der Waals surface area contributed by atoms with Crippen molar-refractivity contribution in [2.75, 3.05) is 19.1 Å². The lowest BCUT2D eigenvalue weighted by atomic mass is 10.00. The summed E-state index contributed by atoms with van der Waals surface area (Å²) in [7, 11) is 4.41. The Hall–Kier alpha value is -3.46. The van der Waals surface area contributed by atoms with Crippen LogP contribution in [0.15, 0.2) is 41.5 Å². The highest BCUT2D eigenvalue weighted by Gasteiger charge is 2.28. The number of rotatable bonds is 6. The summed E-state index contributed by atoms with van der Waals surface area (Å²) in [6.45, 7) is 1.77. The van der Waals surface area contributed by atoms with Crippen LogP contribution in [0, 0.1) is 6.92 Å². The maximum Gasteiger partial charge on any atom is 0.358 e. The molecule has 3 rings (SSSR count). The Morgan fingerprint density at radius 2 is 1.90 bits per heavy atom. The molecule has 1 atom stereocenters. The van der Waals surface area contributed by atoms with Crippen molar-refractivity contribution in [2.45, 2.75) is 13.0 Å². The SMILES string of the molecule is COc1c(C(=O)O)nc(N(C)C(c2cnc(C)nc2)c2ccccc2Cl)n(C)c1=O. The number of methoxy groups -OCH3 is 1. The third kappa shape index (κ3) is 3.84. The van der Waals surface area contributed by atoms with E-state index in [2.05, 4.69) is 15.0 Å². The van der Waals surface area contributed by atoms with Crippen LogP contribution in [0.3, 0.4) is 0 Å². The lowest BCUT2D eigenvalue weighted by molar-refractivity contribution is 0.0685. The third-order valence-electron chi connectivity index (χ3n) is 4.65. The van der Waals surface area contributed by atoms with Gasteiger partial charge in [0.25, 0.3) is 5.56 Å². The molecule has 0 saturated carbocycles. The number of carboxylic acid groups (broad SMARTS) is 1. The standard InChI is InChI=1S/C20H20ClN5O4/c1-11-22-9-12(10-23-11)16(13-7-5-6-8-14(13)21)25(2)20-24-15(19(28)29)17(30-4)18(27)26(20)3/h5-10,16H,1-4H3,(H,28,29). The second-order valence-corrected chi connectivity index (χ2v) is 6.97. The second-order valence-electron chi connectivity index (χ2n) is 6.56. The van der Waals surface area contributed by atoms with Crippen molar-refractivity contribution in [3.05, 3.63) is 74.7 Å².